The summed E-state index contributed by atoms with van der Waals surface area (Å²) in [5.41, 5.74) is 0. The van der Waals surface area contributed by atoms with E-state index in [1.807, 2.05) is 0 Å². The largest absolute Gasteiger partial charge is 0.462 e. The molecular weight excluding hydrogens is 813 g/mol. The number of rotatable bonds is 52. The van der Waals surface area contributed by atoms with E-state index >= 15 is 0 Å². The topological polar surface area (TPSA) is 61.8 Å². The highest BCUT2D eigenvalue weighted by Crippen LogP contribution is 2.16. The molecule has 0 saturated heterocycles. The van der Waals surface area contributed by atoms with Crippen LogP contribution in [0.5, 0.6) is 0 Å². The van der Waals surface area contributed by atoms with Crippen molar-refractivity contribution in [1.29, 1.82) is 0 Å². The highest BCUT2D eigenvalue weighted by atomic mass is 16.6. The Morgan fingerprint density at radius 2 is 0.682 bits per heavy atom. The van der Waals surface area contributed by atoms with Crippen molar-refractivity contribution in [3.05, 3.63) is 72.9 Å². The molecule has 1 atom stereocenters. The van der Waals surface area contributed by atoms with E-state index in [4.69, 9.17) is 14.2 Å². The van der Waals surface area contributed by atoms with Crippen LogP contribution >= 0.6 is 0 Å². The Morgan fingerprint density at radius 3 is 1.15 bits per heavy atom. The number of unbranched alkanes of at least 4 members (excludes halogenated alkanes) is 29. The van der Waals surface area contributed by atoms with Crippen LogP contribution in [-0.2, 0) is 23.8 Å². The molecule has 0 bridgehead atoms. The number of carbonyl (C=O) groups is 2. The number of hydrogen-bond acceptors (Lipinski definition) is 5. The molecule has 1 unspecified atom stereocenters. The third kappa shape index (κ3) is 54.0. The summed E-state index contributed by atoms with van der Waals surface area (Å²) in [6.45, 7) is 7.66. The molecule has 0 spiro atoms. The van der Waals surface area contributed by atoms with Crippen molar-refractivity contribution in [3.63, 3.8) is 0 Å². The molecular formula is C61H108O5. The van der Waals surface area contributed by atoms with Gasteiger partial charge in [-0.1, -0.05) is 248 Å². The van der Waals surface area contributed by atoms with E-state index < -0.39 is 6.10 Å². The molecule has 382 valence electrons. The molecule has 0 aliphatic carbocycles. The fourth-order valence-electron chi connectivity index (χ4n) is 8.00. The molecule has 0 aliphatic rings. The summed E-state index contributed by atoms with van der Waals surface area (Å²) in [4.78, 5) is 25.5. The Kier molecular flexibility index (Phi) is 54.4. The second kappa shape index (κ2) is 56.7. The summed E-state index contributed by atoms with van der Waals surface area (Å²) in [6, 6.07) is 0. The quantitative estimate of drug-likeness (QED) is 0.0346. The minimum Gasteiger partial charge on any atom is -0.462 e. The molecule has 0 N–H and O–H groups in total. The smallest absolute Gasteiger partial charge is 0.306 e. The normalized spacial score (nSPS) is 12.7. The Labute approximate surface area is 410 Å². The molecule has 5 nitrogen and oxygen atoms in total. The van der Waals surface area contributed by atoms with E-state index in [-0.39, 0.29) is 25.2 Å². The van der Waals surface area contributed by atoms with Gasteiger partial charge in [-0.05, 0) is 89.9 Å². The zero-order chi connectivity index (χ0) is 47.7. The summed E-state index contributed by atoms with van der Waals surface area (Å²) in [5, 5.41) is 0. The second-order valence-corrected chi connectivity index (χ2v) is 18.8. The summed E-state index contributed by atoms with van der Waals surface area (Å²) in [5.74, 6) is -0.441. The molecule has 0 aromatic rings. The molecule has 0 amide bonds. The number of ether oxygens (including phenoxy) is 3. The number of carbonyl (C=O) groups excluding carboxylic acids is 2. The SMILES string of the molecule is CC/C=C\C/C=C\C/C=C\C/C=C\CCCCC(=O)OC(COCCCCCCCC/C=C\C/C=C\CCCCC)COC(=O)CCCCCCCCCCCCCCCCCCCCC. The van der Waals surface area contributed by atoms with Gasteiger partial charge in [-0.2, -0.15) is 0 Å². The van der Waals surface area contributed by atoms with E-state index in [9.17, 15) is 9.59 Å². The Bertz CT molecular complexity index is 1180. The van der Waals surface area contributed by atoms with Gasteiger partial charge in [0, 0.05) is 19.4 Å². The maximum atomic E-state index is 12.8. The summed E-state index contributed by atoms with van der Waals surface area (Å²) < 4.78 is 17.4. The molecule has 0 radical (unpaired) electrons. The second-order valence-electron chi connectivity index (χ2n) is 18.8. The third-order valence-electron chi connectivity index (χ3n) is 12.2. The molecule has 66 heavy (non-hydrogen) atoms. The average molecular weight is 922 g/mol. The van der Waals surface area contributed by atoms with Crippen molar-refractivity contribution >= 4 is 11.9 Å². The molecule has 0 saturated carbocycles. The van der Waals surface area contributed by atoms with Crippen molar-refractivity contribution in [2.45, 2.75) is 284 Å². The lowest BCUT2D eigenvalue weighted by atomic mass is 10.0. The molecule has 0 aliphatic heterocycles. The summed E-state index contributed by atoms with van der Waals surface area (Å²) in [6.07, 6.45) is 73.5. The Hall–Kier alpha value is -2.66. The van der Waals surface area contributed by atoms with Crippen molar-refractivity contribution in [2.24, 2.45) is 0 Å². The zero-order valence-corrected chi connectivity index (χ0v) is 44.0. The predicted octanol–water partition coefficient (Wildman–Crippen LogP) is 19.5. The van der Waals surface area contributed by atoms with Gasteiger partial charge >= 0.3 is 11.9 Å². The number of allylic oxidation sites excluding steroid dienone is 12. The van der Waals surface area contributed by atoms with Crippen LogP contribution in [0.3, 0.4) is 0 Å². The molecule has 0 aromatic carbocycles. The minimum absolute atomic E-state index is 0.0648. The van der Waals surface area contributed by atoms with Gasteiger partial charge in [-0.3, -0.25) is 9.59 Å². The first kappa shape index (κ1) is 63.3. The van der Waals surface area contributed by atoms with E-state index in [1.54, 1.807) is 0 Å². The van der Waals surface area contributed by atoms with Crippen molar-refractivity contribution < 1.29 is 23.8 Å². The van der Waals surface area contributed by atoms with Gasteiger partial charge in [0.25, 0.3) is 0 Å². The fraction of sp³-hybridized carbons (Fsp3) is 0.770. The first-order valence-corrected chi connectivity index (χ1v) is 28.5. The lowest BCUT2D eigenvalue weighted by Crippen LogP contribution is -2.30. The van der Waals surface area contributed by atoms with E-state index in [0.29, 0.717) is 19.4 Å². The monoisotopic (exact) mass is 921 g/mol. The molecule has 0 heterocycles. The van der Waals surface area contributed by atoms with Gasteiger partial charge in [-0.25, -0.2) is 0 Å². The first-order valence-electron chi connectivity index (χ1n) is 28.5. The third-order valence-corrected chi connectivity index (χ3v) is 12.2. The lowest BCUT2D eigenvalue weighted by Gasteiger charge is -2.18. The van der Waals surface area contributed by atoms with Crippen LogP contribution < -0.4 is 0 Å². The summed E-state index contributed by atoms with van der Waals surface area (Å²) in [7, 11) is 0. The van der Waals surface area contributed by atoms with E-state index in [0.717, 1.165) is 77.0 Å². The Morgan fingerprint density at radius 1 is 0.348 bits per heavy atom. The van der Waals surface area contributed by atoms with Gasteiger partial charge in [0.05, 0.1) is 6.61 Å². The molecule has 0 aromatic heterocycles. The zero-order valence-electron chi connectivity index (χ0n) is 44.0. The van der Waals surface area contributed by atoms with Crippen LogP contribution in [0.2, 0.25) is 0 Å². The standard InChI is InChI=1S/C61H108O5/c1-4-7-10-13-16-19-22-25-28-30-31-32-34-36-39-42-45-48-51-54-60(62)65-58-59(57-64-56-53-50-47-44-41-38-35-29-26-23-20-17-14-11-8-5-2)66-61(63)55-52-49-46-43-40-37-33-27-24-21-18-15-12-9-6-3/h9,12,17-18,20-21,26-27,29,33,40,43,59H,4-8,10-11,13-16,19,22-25,28,30-32,34-39,41-42,44-58H2,1-3H3/b12-9-,20-17-,21-18-,29-26-,33-27-,43-40-. The van der Waals surface area contributed by atoms with Gasteiger partial charge in [0.15, 0.2) is 6.10 Å². The van der Waals surface area contributed by atoms with E-state index in [1.165, 1.54) is 167 Å². The van der Waals surface area contributed by atoms with E-state index in [2.05, 4.69) is 93.7 Å². The van der Waals surface area contributed by atoms with Crippen LogP contribution in [0.1, 0.15) is 278 Å². The number of esters is 2. The minimum atomic E-state index is -0.564. The van der Waals surface area contributed by atoms with Crippen LogP contribution in [0.25, 0.3) is 0 Å². The van der Waals surface area contributed by atoms with Gasteiger partial charge in [0.2, 0.25) is 0 Å². The highest BCUT2D eigenvalue weighted by molar-refractivity contribution is 5.70. The van der Waals surface area contributed by atoms with Crippen LogP contribution in [-0.4, -0.2) is 37.9 Å². The highest BCUT2D eigenvalue weighted by Gasteiger charge is 2.17. The van der Waals surface area contributed by atoms with Crippen molar-refractivity contribution in [3.8, 4) is 0 Å². The van der Waals surface area contributed by atoms with Crippen molar-refractivity contribution in [1.82, 2.24) is 0 Å². The van der Waals surface area contributed by atoms with Crippen molar-refractivity contribution in [2.75, 3.05) is 19.8 Å². The molecule has 5 heteroatoms. The lowest BCUT2D eigenvalue weighted by molar-refractivity contribution is -0.163. The van der Waals surface area contributed by atoms with Gasteiger partial charge in [-0.15, -0.1) is 0 Å². The van der Waals surface area contributed by atoms with Gasteiger partial charge < -0.3 is 14.2 Å². The fourth-order valence-corrected chi connectivity index (χ4v) is 8.00. The van der Waals surface area contributed by atoms with Crippen LogP contribution in [0.15, 0.2) is 72.9 Å². The maximum Gasteiger partial charge on any atom is 0.306 e. The maximum absolute atomic E-state index is 12.8. The number of hydrogen-bond donors (Lipinski definition) is 0. The first-order chi connectivity index (χ1) is 32.6. The summed E-state index contributed by atoms with van der Waals surface area (Å²) >= 11 is 0. The molecule has 0 rings (SSSR count). The van der Waals surface area contributed by atoms with Crippen LogP contribution in [0, 0.1) is 0 Å². The Balaban J connectivity index is 4.30. The van der Waals surface area contributed by atoms with Gasteiger partial charge in [0.1, 0.15) is 6.61 Å². The molecule has 0 fully saturated rings. The van der Waals surface area contributed by atoms with Crippen LogP contribution in [0.4, 0.5) is 0 Å². The average Bonchev–Trinajstić information content (AvgIpc) is 3.32. The predicted molar refractivity (Wildman–Crippen MR) is 288 cm³/mol.